The minimum absolute atomic E-state index is 0.00637. The summed E-state index contributed by atoms with van der Waals surface area (Å²) in [6, 6.07) is 3.18. The maximum Gasteiger partial charge on any atom is 0.303 e. The second-order valence-electron chi connectivity index (χ2n) is 5.65. The van der Waals surface area contributed by atoms with E-state index in [2.05, 4.69) is 5.32 Å². The molecule has 23 heavy (non-hydrogen) atoms. The second kappa shape index (κ2) is 8.36. The van der Waals surface area contributed by atoms with Gasteiger partial charge in [-0.2, -0.15) is 0 Å². The standard InChI is InChI=1S/C16H22N2O5/c19-14(8-9-17-16(22)13-5-3-11-23-13)18-10-2-1-4-12(18)6-7-15(20)21/h3,5,11-12H,1-2,4,6-10H2,(H,17,22)(H,20,21). The van der Waals surface area contributed by atoms with E-state index >= 15 is 0 Å². The first-order valence-corrected chi connectivity index (χ1v) is 7.91. The molecule has 1 atom stereocenters. The Morgan fingerprint density at radius 1 is 1.30 bits per heavy atom. The van der Waals surface area contributed by atoms with Gasteiger partial charge in [0.2, 0.25) is 5.91 Å². The van der Waals surface area contributed by atoms with E-state index in [-0.39, 0.29) is 43.0 Å². The molecule has 1 saturated heterocycles. The van der Waals surface area contributed by atoms with Gasteiger partial charge in [0.1, 0.15) is 0 Å². The van der Waals surface area contributed by atoms with E-state index in [1.807, 2.05) is 0 Å². The Hall–Kier alpha value is -2.31. The molecule has 2 amide bonds. The number of piperidine rings is 1. The molecule has 7 nitrogen and oxygen atoms in total. The van der Waals surface area contributed by atoms with Crippen molar-refractivity contribution in [2.24, 2.45) is 0 Å². The Balaban J connectivity index is 1.78. The van der Waals surface area contributed by atoms with E-state index in [0.29, 0.717) is 13.0 Å². The molecule has 2 N–H and O–H groups in total. The number of carboxylic acid groups (broad SMARTS) is 1. The number of nitrogens with one attached hydrogen (secondary N) is 1. The first-order chi connectivity index (χ1) is 11.1. The number of rotatable bonds is 7. The van der Waals surface area contributed by atoms with Crippen LogP contribution in [0.5, 0.6) is 0 Å². The second-order valence-corrected chi connectivity index (χ2v) is 5.65. The van der Waals surface area contributed by atoms with Crippen molar-refractivity contribution in [2.75, 3.05) is 13.1 Å². The summed E-state index contributed by atoms with van der Waals surface area (Å²) < 4.78 is 4.98. The van der Waals surface area contributed by atoms with Crippen LogP contribution in [0, 0.1) is 0 Å². The van der Waals surface area contributed by atoms with E-state index in [9.17, 15) is 14.4 Å². The number of carbonyl (C=O) groups is 3. The van der Waals surface area contributed by atoms with Gasteiger partial charge in [0.05, 0.1) is 6.26 Å². The fourth-order valence-corrected chi connectivity index (χ4v) is 2.84. The lowest BCUT2D eigenvalue weighted by molar-refractivity contribution is -0.140. The van der Waals surface area contributed by atoms with Gasteiger partial charge in [-0.15, -0.1) is 0 Å². The summed E-state index contributed by atoms with van der Waals surface area (Å²) in [6.07, 6.45) is 4.98. The maximum atomic E-state index is 12.3. The van der Waals surface area contributed by atoms with E-state index in [1.54, 1.807) is 17.0 Å². The number of furan rings is 1. The molecule has 2 rings (SSSR count). The van der Waals surface area contributed by atoms with Crippen molar-refractivity contribution in [3.63, 3.8) is 0 Å². The molecular weight excluding hydrogens is 300 g/mol. The van der Waals surface area contributed by atoms with Gasteiger partial charge in [0.25, 0.3) is 5.91 Å². The third-order valence-corrected chi connectivity index (χ3v) is 4.01. The minimum Gasteiger partial charge on any atom is -0.481 e. The molecule has 1 aromatic rings. The summed E-state index contributed by atoms with van der Waals surface area (Å²) in [6.45, 7) is 0.899. The first-order valence-electron chi connectivity index (χ1n) is 7.91. The largest absolute Gasteiger partial charge is 0.481 e. The molecule has 7 heteroatoms. The van der Waals surface area contributed by atoms with Gasteiger partial charge < -0.3 is 19.7 Å². The molecule has 126 valence electrons. The number of nitrogens with zero attached hydrogens (tertiary/aromatic N) is 1. The van der Waals surface area contributed by atoms with Gasteiger partial charge in [-0.3, -0.25) is 14.4 Å². The monoisotopic (exact) mass is 322 g/mol. The molecule has 1 fully saturated rings. The predicted molar refractivity (Wildman–Crippen MR) is 81.9 cm³/mol. The van der Waals surface area contributed by atoms with Crippen LogP contribution in [-0.2, 0) is 9.59 Å². The Bertz CT molecular complexity index is 541. The van der Waals surface area contributed by atoms with Crippen LogP contribution in [0.4, 0.5) is 0 Å². The third-order valence-electron chi connectivity index (χ3n) is 4.01. The van der Waals surface area contributed by atoms with Crippen LogP contribution in [0.3, 0.4) is 0 Å². The van der Waals surface area contributed by atoms with Crippen molar-refractivity contribution in [1.29, 1.82) is 0 Å². The van der Waals surface area contributed by atoms with Gasteiger partial charge >= 0.3 is 5.97 Å². The lowest BCUT2D eigenvalue weighted by Crippen LogP contribution is -2.45. The molecular formula is C16H22N2O5. The molecule has 1 aromatic heterocycles. The van der Waals surface area contributed by atoms with Crippen molar-refractivity contribution < 1.29 is 23.9 Å². The van der Waals surface area contributed by atoms with Crippen LogP contribution in [0.1, 0.15) is 49.1 Å². The number of hydrogen-bond acceptors (Lipinski definition) is 4. The number of carbonyl (C=O) groups excluding carboxylic acids is 2. The maximum absolute atomic E-state index is 12.3. The number of amides is 2. The molecule has 0 spiro atoms. The number of aliphatic carboxylic acids is 1. The fraction of sp³-hybridized carbons (Fsp3) is 0.562. The highest BCUT2D eigenvalue weighted by atomic mass is 16.4. The zero-order valence-corrected chi connectivity index (χ0v) is 13.0. The number of likely N-dealkylation sites (tertiary alicyclic amines) is 1. The summed E-state index contributed by atoms with van der Waals surface area (Å²) in [5, 5.41) is 11.4. The Morgan fingerprint density at radius 2 is 2.13 bits per heavy atom. The van der Waals surface area contributed by atoms with E-state index in [4.69, 9.17) is 9.52 Å². The van der Waals surface area contributed by atoms with Crippen molar-refractivity contribution in [2.45, 2.75) is 44.6 Å². The van der Waals surface area contributed by atoms with E-state index in [0.717, 1.165) is 19.3 Å². The molecule has 1 aliphatic heterocycles. The molecule has 0 saturated carbocycles. The van der Waals surface area contributed by atoms with Gasteiger partial charge in [-0.1, -0.05) is 0 Å². The number of carboxylic acids is 1. The normalized spacial score (nSPS) is 17.7. The lowest BCUT2D eigenvalue weighted by atomic mass is 9.97. The van der Waals surface area contributed by atoms with Gasteiger partial charge in [0.15, 0.2) is 5.76 Å². The smallest absolute Gasteiger partial charge is 0.303 e. The van der Waals surface area contributed by atoms with E-state index < -0.39 is 5.97 Å². The van der Waals surface area contributed by atoms with Gasteiger partial charge in [-0.25, -0.2) is 0 Å². The molecule has 2 heterocycles. The molecule has 1 aliphatic rings. The first kappa shape index (κ1) is 17.1. The highest BCUT2D eigenvalue weighted by molar-refractivity contribution is 5.91. The SMILES string of the molecule is O=C(O)CCC1CCCCN1C(=O)CCNC(=O)c1ccco1. The molecule has 1 unspecified atom stereocenters. The van der Waals surface area contributed by atoms with Crippen LogP contribution in [0.15, 0.2) is 22.8 Å². The van der Waals surface area contributed by atoms with Crippen molar-refractivity contribution >= 4 is 17.8 Å². The zero-order chi connectivity index (χ0) is 16.7. The van der Waals surface area contributed by atoms with E-state index in [1.165, 1.54) is 6.26 Å². The summed E-state index contributed by atoms with van der Waals surface area (Å²) in [4.78, 5) is 36.5. The topological polar surface area (TPSA) is 99.9 Å². The third kappa shape index (κ3) is 5.12. The average Bonchev–Trinajstić information content (AvgIpc) is 3.07. The molecule has 0 aromatic carbocycles. The van der Waals surface area contributed by atoms with Gasteiger partial charge in [-0.05, 0) is 37.8 Å². The highest BCUT2D eigenvalue weighted by Crippen LogP contribution is 2.21. The van der Waals surface area contributed by atoms with Crippen LogP contribution in [0.25, 0.3) is 0 Å². The summed E-state index contributed by atoms with van der Waals surface area (Å²) in [5.74, 6) is -1.01. The summed E-state index contributed by atoms with van der Waals surface area (Å²) >= 11 is 0. The Labute approximate surface area is 134 Å². The summed E-state index contributed by atoms with van der Waals surface area (Å²) in [7, 11) is 0. The van der Waals surface area contributed by atoms with Crippen molar-refractivity contribution in [3.8, 4) is 0 Å². The van der Waals surface area contributed by atoms with Crippen LogP contribution < -0.4 is 5.32 Å². The van der Waals surface area contributed by atoms with Crippen LogP contribution >= 0.6 is 0 Å². The van der Waals surface area contributed by atoms with Crippen LogP contribution in [-0.4, -0.2) is 46.9 Å². The van der Waals surface area contributed by atoms with Gasteiger partial charge in [0, 0.05) is 32.0 Å². The fourth-order valence-electron chi connectivity index (χ4n) is 2.84. The molecule has 0 radical (unpaired) electrons. The zero-order valence-electron chi connectivity index (χ0n) is 13.0. The molecule has 0 aliphatic carbocycles. The van der Waals surface area contributed by atoms with Crippen molar-refractivity contribution in [1.82, 2.24) is 10.2 Å². The predicted octanol–water partition coefficient (Wildman–Crippen LogP) is 1.65. The molecule has 0 bridgehead atoms. The summed E-state index contributed by atoms with van der Waals surface area (Å²) in [5.41, 5.74) is 0. The number of hydrogen-bond donors (Lipinski definition) is 2. The van der Waals surface area contributed by atoms with Crippen LogP contribution in [0.2, 0.25) is 0 Å². The van der Waals surface area contributed by atoms with Crippen molar-refractivity contribution in [3.05, 3.63) is 24.2 Å². The average molecular weight is 322 g/mol. The highest BCUT2D eigenvalue weighted by Gasteiger charge is 2.26. The lowest BCUT2D eigenvalue weighted by Gasteiger charge is -2.35. The Kier molecular flexibility index (Phi) is 6.19. The quantitative estimate of drug-likeness (QED) is 0.795. The minimum atomic E-state index is -0.839. The Morgan fingerprint density at radius 3 is 2.83 bits per heavy atom.